The summed E-state index contributed by atoms with van der Waals surface area (Å²) in [5, 5.41) is 2.74. The normalized spacial score (nSPS) is 19.1. The average Bonchev–Trinajstić information content (AvgIpc) is 3.28. The highest BCUT2D eigenvalue weighted by atomic mass is 32.2. The fourth-order valence-electron chi connectivity index (χ4n) is 2.78. The number of benzene rings is 2. The number of hydrogen-bond acceptors (Lipinski definition) is 4. The number of anilines is 1. The van der Waals surface area contributed by atoms with E-state index >= 15 is 0 Å². The van der Waals surface area contributed by atoms with Crippen molar-refractivity contribution in [3.63, 3.8) is 0 Å². The Balaban J connectivity index is 1.46. The molecule has 1 amide bonds. The molecule has 2 aromatic rings. The van der Waals surface area contributed by atoms with E-state index in [9.17, 15) is 13.2 Å². The maximum absolute atomic E-state index is 12.4. The van der Waals surface area contributed by atoms with E-state index in [2.05, 4.69) is 10.0 Å². The molecular formula is C18H18N2O4S. The van der Waals surface area contributed by atoms with Crippen LogP contribution in [0.1, 0.15) is 18.4 Å². The fourth-order valence-corrected chi connectivity index (χ4v) is 4.13. The molecular weight excluding hydrogens is 340 g/mol. The summed E-state index contributed by atoms with van der Waals surface area (Å²) >= 11 is 0. The first-order valence-corrected chi connectivity index (χ1v) is 9.67. The highest BCUT2D eigenvalue weighted by Crippen LogP contribution is 2.29. The molecule has 6 nitrogen and oxygen atoms in total. The van der Waals surface area contributed by atoms with Crippen LogP contribution in [0.4, 0.5) is 5.69 Å². The van der Waals surface area contributed by atoms with E-state index in [1.54, 1.807) is 12.1 Å². The summed E-state index contributed by atoms with van der Waals surface area (Å²) < 4.78 is 32.8. The zero-order valence-electron chi connectivity index (χ0n) is 13.4. The summed E-state index contributed by atoms with van der Waals surface area (Å²) in [7, 11) is -3.55. The number of carbonyl (C=O) groups excluding carboxylic acids is 1. The molecule has 1 aliphatic carbocycles. The van der Waals surface area contributed by atoms with Gasteiger partial charge >= 0.3 is 0 Å². The van der Waals surface area contributed by atoms with E-state index in [0.717, 1.165) is 18.4 Å². The van der Waals surface area contributed by atoms with E-state index in [0.29, 0.717) is 17.9 Å². The maximum atomic E-state index is 12.4. The van der Waals surface area contributed by atoms with Crippen molar-refractivity contribution < 1.29 is 17.9 Å². The lowest BCUT2D eigenvalue weighted by atomic mass is 10.1. The molecule has 0 bridgehead atoms. The summed E-state index contributed by atoms with van der Waals surface area (Å²) in [6, 6.07) is 13.8. The summed E-state index contributed by atoms with van der Waals surface area (Å²) in [5.41, 5.74) is 1.43. The van der Waals surface area contributed by atoms with Crippen LogP contribution < -0.4 is 14.8 Å². The molecule has 7 heteroatoms. The number of hydrogen-bond donors (Lipinski definition) is 2. The second-order valence-corrected chi connectivity index (χ2v) is 8.04. The summed E-state index contributed by atoms with van der Waals surface area (Å²) in [5.74, 6) is 0.425. The molecule has 0 aromatic heterocycles. The Labute approximate surface area is 146 Å². The van der Waals surface area contributed by atoms with Crippen molar-refractivity contribution in [2.24, 2.45) is 0 Å². The van der Waals surface area contributed by atoms with Gasteiger partial charge in [-0.15, -0.1) is 0 Å². The molecule has 2 aromatic carbocycles. The number of para-hydroxylation sites is 1. The van der Waals surface area contributed by atoms with Crippen LogP contribution in [-0.4, -0.2) is 26.5 Å². The molecule has 0 radical (unpaired) electrons. The van der Waals surface area contributed by atoms with Gasteiger partial charge in [-0.2, -0.15) is 0 Å². The van der Waals surface area contributed by atoms with Gasteiger partial charge in [-0.25, -0.2) is 13.1 Å². The molecule has 130 valence electrons. The summed E-state index contributed by atoms with van der Waals surface area (Å²) in [4.78, 5) is 12.6. The molecule has 2 N–H and O–H groups in total. The number of carbonyl (C=O) groups is 1. The van der Waals surface area contributed by atoms with E-state index in [4.69, 9.17) is 4.74 Å². The van der Waals surface area contributed by atoms with Gasteiger partial charge in [-0.1, -0.05) is 24.3 Å². The maximum Gasteiger partial charge on any atom is 0.265 e. The van der Waals surface area contributed by atoms with Crippen molar-refractivity contribution in [2.75, 3.05) is 5.32 Å². The Kier molecular flexibility index (Phi) is 3.97. The first-order valence-electron chi connectivity index (χ1n) is 8.19. The molecule has 0 unspecified atom stereocenters. The Bertz CT molecular complexity index is 897. The fraction of sp³-hybridized carbons (Fsp3) is 0.278. The smallest absolute Gasteiger partial charge is 0.265 e. The van der Waals surface area contributed by atoms with Crippen LogP contribution >= 0.6 is 0 Å². The minimum absolute atomic E-state index is 0.0358. The third kappa shape index (κ3) is 3.52. The number of ether oxygens (including phenoxy) is 1. The molecule has 4 rings (SSSR count). The predicted octanol–water partition coefficient (Wildman–Crippen LogP) is 2.07. The monoisotopic (exact) mass is 358 g/mol. The number of sulfonamides is 1. The van der Waals surface area contributed by atoms with Crippen LogP contribution in [0.25, 0.3) is 0 Å². The number of rotatable bonds is 5. The van der Waals surface area contributed by atoms with Crippen molar-refractivity contribution >= 4 is 21.6 Å². The molecule has 1 aliphatic heterocycles. The molecule has 2 aliphatic rings. The number of amides is 1. The summed E-state index contributed by atoms with van der Waals surface area (Å²) in [6.45, 7) is 0. The lowest BCUT2D eigenvalue weighted by Gasteiger charge is -2.12. The topological polar surface area (TPSA) is 84.5 Å². The van der Waals surface area contributed by atoms with Crippen LogP contribution in [0.15, 0.2) is 53.4 Å². The third-order valence-corrected chi connectivity index (χ3v) is 5.77. The van der Waals surface area contributed by atoms with E-state index in [-0.39, 0.29) is 16.8 Å². The zero-order valence-corrected chi connectivity index (χ0v) is 14.3. The van der Waals surface area contributed by atoms with Gasteiger partial charge in [0.1, 0.15) is 5.75 Å². The van der Waals surface area contributed by atoms with Crippen molar-refractivity contribution in [3.8, 4) is 5.75 Å². The van der Waals surface area contributed by atoms with Crippen molar-refractivity contribution in [2.45, 2.75) is 36.3 Å². The van der Waals surface area contributed by atoms with E-state index in [1.807, 2.05) is 24.3 Å². The minimum atomic E-state index is -3.55. The van der Waals surface area contributed by atoms with Crippen LogP contribution in [-0.2, 0) is 21.2 Å². The van der Waals surface area contributed by atoms with Gasteiger partial charge < -0.3 is 10.1 Å². The average molecular weight is 358 g/mol. The standard InChI is InChI=1S/C18H18N2O4S/c21-18(17-10-12-4-1-2-7-16(12)24-17)19-14-5-3-6-15(11-14)25(22,23)20-13-8-9-13/h1-7,11,13,17,20H,8-10H2,(H,19,21)/t17-/m0/s1. The van der Waals surface area contributed by atoms with Crippen LogP contribution in [0.2, 0.25) is 0 Å². The van der Waals surface area contributed by atoms with Crippen LogP contribution in [0, 0.1) is 0 Å². The minimum Gasteiger partial charge on any atom is -0.480 e. The Hall–Kier alpha value is -2.38. The van der Waals surface area contributed by atoms with Crippen LogP contribution in [0.5, 0.6) is 5.75 Å². The van der Waals surface area contributed by atoms with E-state index in [1.165, 1.54) is 12.1 Å². The third-order valence-electron chi connectivity index (χ3n) is 4.25. The highest BCUT2D eigenvalue weighted by Gasteiger charge is 2.30. The zero-order chi connectivity index (χ0) is 17.4. The Morgan fingerprint density at radius 3 is 2.64 bits per heavy atom. The first-order chi connectivity index (χ1) is 12.0. The van der Waals surface area contributed by atoms with Crippen molar-refractivity contribution in [1.82, 2.24) is 4.72 Å². The van der Waals surface area contributed by atoms with Gasteiger partial charge in [-0.05, 0) is 42.7 Å². The molecule has 1 atom stereocenters. The number of fused-ring (bicyclic) bond motifs is 1. The van der Waals surface area contributed by atoms with Gasteiger partial charge in [0.15, 0.2) is 6.10 Å². The van der Waals surface area contributed by atoms with Crippen LogP contribution in [0.3, 0.4) is 0 Å². The predicted molar refractivity (Wildman–Crippen MR) is 93.0 cm³/mol. The molecule has 1 saturated carbocycles. The Morgan fingerprint density at radius 2 is 1.88 bits per heavy atom. The quantitative estimate of drug-likeness (QED) is 0.857. The van der Waals surface area contributed by atoms with Gasteiger partial charge in [0, 0.05) is 18.2 Å². The van der Waals surface area contributed by atoms with Crippen molar-refractivity contribution in [3.05, 3.63) is 54.1 Å². The van der Waals surface area contributed by atoms with E-state index < -0.39 is 16.1 Å². The summed E-state index contributed by atoms with van der Waals surface area (Å²) in [6.07, 6.45) is 1.63. The SMILES string of the molecule is O=C(Nc1cccc(S(=O)(=O)NC2CC2)c1)[C@@H]1Cc2ccccc2O1. The Morgan fingerprint density at radius 1 is 1.08 bits per heavy atom. The molecule has 25 heavy (non-hydrogen) atoms. The largest absolute Gasteiger partial charge is 0.480 e. The molecule has 0 saturated heterocycles. The first kappa shape index (κ1) is 16.1. The lowest BCUT2D eigenvalue weighted by molar-refractivity contribution is -0.122. The lowest BCUT2D eigenvalue weighted by Crippen LogP contribution is -2.31. The molecule has 1 fully saturated rings. The van der Waals surface area contributed by atoms with Gasteiger partial charge in [0.25, 0.3) is 5.91 Å². The van der Waals surface area contributed by atoms with Gasteiger partial charge in [0.2, 0.25) is 10.0 Å². The number of nitrogens with one attached hydrogen (secondary N) is 2. The molecule has 0 spiro atoms. The second kappa shape index (κ2) is 6.16. The van der Waals surface area contributed by atoms with Crippen molar-refractivity contribution in [1.29, 1.82) is 0 Å². The van der Waals surface area contributed by atoms with Gasteiger partial charge in [-0.3, -0.25) is 4.79 Å². The highest BCUT2D eigenvalue weighted by molar-refractivity contribution is 7.89. The second-order valence-electron chi connectivity index (χ2n) is 6.33. The molecule has 1 heterocycles. The van der Waals surface area contributed by atoms with Gasteiger partial charge in [0.05, 0.1) is 4.90 Å².